The summed E-state index contributed by atoms with van der Waals surface area (Å²) in [6.07, 6.45) is 5.88. The minimum absolute atomic E-state index is 0.172. The van der Waals surface area contributed by atoms with Gasteiger partial charge in [0.05, 0.1) is 17.7 Å². The maximum atomic E-state index is 12.1. The van der Waals surface area contributed by atoms with Crippen LogP contribution in [-0.2, 0) is 11.3 Å². The average Bonchev–Trinajstić information content (AvgIpc) is 2.75. The van der Waals surface area contributed by atoms with Crippen molar-refractivity contribution in [2.45, 2.75) is 50.5 Å². The van der Waals surface area contributed by atoms with Crippen LogP contribution in [-0.4, -0.2) is 40.0 Å². The normalized spacial score (nSPS) is 21.2. The lowest BCUT2D eigenvalue weighted by molar-refractivity contribution is -0.231. The van der Waals surface area contributed by atoms with Gasteiger partial charge in [0, 0.05) is 48.5 Å². The highest BCUT2D eigenvalue weighted by atomic mass is 16.7. The number of hydrogen-bond donors (Lipinski definition) is 1. The maximum Gasteiger partial charge on any atom is 0.272 e. The minimum atomic E-state index is -0.488. The summed E-state index contributed by atoms with van der Waals surface area (Å²) in [7, 11) is 0. The summed E-state index contributed by atoms with van der Waals surface area (Å²) in [5.41, 5.74) is 2.57. The van der Waals surface area contributed by atoms with Gasteiger partial charge in [-0.2, -0.15) is 5.10 Å². The first kappa shape index (κ1) is 18.1. The summed E-state index contributed by atoms with van der Waals surface area (Å²) in [5, 5.41) is 8.43. The molecule has 1 N–H and O–H groups in total. The SMILES string of the molecule is O=c1[nH]nc(-c2ccc3c(c2)COC2(CCN(C4CCC4)CC2)O3)c2ccccc12. The standard InChI is InChI=1S/C24H25N3O3/c28-23-20-7-2-1-6-19(20)22(25-26-23)16-8-9-21-17(14-16)15-29-24(30-21)10-12-27(13-11-24)18-4-3-5-18/h1-2,6-9,14,18H,3-5,10-13,15H2,(H,26,28). The van der Waals surface area contributed by atoms with E-state index in [0.717, 1.165) is 59.9 Å². The van der Waals surface area contributed by atoms with Crippen molar-refractivity contribution < 1.29 is 9.47 Å². The van der Waals surface area contributed by atoms with Crippen LogP contribution in [0.25, 0.3) is 22.0 Å². The molecule has 1 saturated heterocycles. The number of benzene rings is 2. The van der Waals surface area contributed by atoms with Crippen LogP contribution < -0.4 is 10.3 Å². The number of rotatable bonds is 2. The quantitative estimate of drug-likeness (QED) is 0.704. The topological polar surface area (TPSA) is 67.5 Å². The molecule has 1 aromatic heterocycles. The van der Waals surface area contributed by atoms with Crippen molar-refractivity contribution in [2.24, 2.45) is 0 Å². The van der Waals surface area contributed by atoms with Crippen molar-refractivity contribution in [2.75, 3.05) is 13.1 Å². The van der Waals surface area contributed by atoms with Crippen LogP contribution in [0.4, 0.5) is 0 Å². The molecule has 2 fully saturated rings. The van der Waals surface area contributed by atoms with Gasteiger partial charge in [0.2, 0.25) is 5.79 Å². The smallest absolute Gasteiger partial charge is 0.272 e. The summed E-state index contributed by atoms with van der Waals surface area (Å²) < 4.78 is 12.7. The molecule has 2 aromatic carbocycles. The maximum absolute atomic E-state index is 12.1. The number of aromatic nitrogens is 2. The Labute approximate surface area is 174 Å². The fourth-order valence-corrected chi connectivity index (χ4v) is 4.94. The third-order valence-corrected chi connectivity index (χ3v) is 6.97. The van der Waals surface area contributed by atoms with Crippen molar-refractivity contribution in [3.05, 3.63) is 58.4 Å². The number of nitrogens with one attached hydrogen (secondary N) is 1. The minimum Gasteiger partial charge on any atom is -0.462 e. The number of likely N-dealkylation sites (tertiary alicyclic amines) is 1. The van der Waals surface area contributed by atoms with E-state index < -0.39 is 5.79 Å². The van der Waals surface area contributed by atoms with E-state index in [-0.39, 0.29) is 5.56 Å². The molecule has 0 atom stereocenters. The molecule has 0 unspecified atom stereocenters. The van der Waals surface area contributed by atoms with Crippen LogP contribution >= 0.6 is 0 Å². The van der Waals surface area contributed by atoms with E-state index in [1.807, 2.05) is 36.4 Å². The number of fused-ring (bicyclic) bond motifs is 2. The Kier molecular flexibility index (Phi) is 4.18. The molecule has 6 heteroatoms. The van der Waals surface area contributed by atoms with Crippen LogP contribution in [0, 0.1) is 0 Å². The van der Waals surface area contributed by atoms with Crippen molar-refractivity contribution in [1.29, 1.82) is 0 Å². The number of nitrogens with zero attached hydrogens (tertiary/aromatic N) is 2. The van der Waals surface area contributed by atoms with Crippen LogP contribution in [0.15, 0.2) is 47.3 Å². The first-order valence-electron chi connectivity index (χ1n) is 10.9. The van der Waals surface area contributed by atoms with Gasteiger partial charge in [-0.1, -0.05) is 24.6 Å². The molecule has 30 heavy (non-hydrogen) atoms. The number of H-pyrrole nitrogens is 1. The zero-order valence-corrected chi connectivity index (χ0v) is 16.9. The van der Waals surface area contributed by atoms with Crippen LogP contribution in [0.3, 0.4) is 0 Å². The molecule has 0 bridgehead atoms. The molecular formula is C24H25N3O3. The third-order valence-electron chi connectivity index (χ3n) is 6.97. The van der Waals surface area contributed by atoms with E-state index in [1.165, 1.54) is 19.3 Å². The monoisotopic (exact) mass is 403 g/mol. The van der Waals surface area contributed by atoms with Crippen LogP contribution in [0.1, 0.15) is 37.7 Å². The molecule has 0 amide bonds. The van der Waals surface area contributed by atoms with E-state index >= 15 is 0 Å². The molecule has 1 spiro atoms. The molecule has 3 aliphatic rings. The lowest BCUT2D eigenvalue weighted by atomic mass is 9.89. The average molecular weight is 403 g/mol. The van der Waals surface area contributed by atoms with Gasteiger partial charge in [-0.25, -0.2) is 5.10 Å². The van der Waals surface area contributed by atoms with Gasteiger partial charge in [0.25, 0.3) is 5.56 Å². The predicted molar refractivity (Wildman–Crippen MR) is 114 cm³/mol. The highest BCUT2D eigenvalue weighted by Gasteiger charge is 2.42. The predicted octanol–water partition coefficient (Wildman–Crippen LogP) is 3.84. The Hall–Kier alpha value is -2.70. The van der Waals surface area contributed by atoms with Gasteiger partial charge in [0.1, 0.15) is 5.75 Å². The lowest BCUT2D eigenvalue weighted by Gasteiger charge is -2.47. The lowest BCUT2D eigenvalue weighted by Crippen LogP contribution is -2.54. The van der Waals surface area contributed by atoms with Gasteiger partial charge in [-0.05, 0) is 37.1 Å². The first-order chi connectivity index (χ1) is 14.7. The summed E-state index contributed by atoms with van der Waals surface area (Å²) in [6.45, 7) is 2.63. The van der Waals surface area contributed by atoms with Crippen molar-refractivity contribution in [3.8, 4) is 17.0 Å². The molecule has 1 saturated carbocycles. The molecule has 6 nitrogen and oxygen atoms in total. The van der Waals surface area contributed by atoms with E-state index in [2.05, 4.69) is 21.2 Å². The Bertz CT molecular complexity index is 1160. The molecule has 3 heterocycles. The van der Waals surface area contributed by atoms with Gasteiger partial charge in [-0.15, -0.1) is 0 Å². The second kappa shape index (κ2) is 6.93. The van der Waals surface area contributed by atoms with Crippen molar-refractivity contribution in [1.82, 2.24) is 15.1 Å². The van der Waals surface area contributed by atoms with Gasteiger partial charge in [0.15, 0.2) is 0 Å². The fourth-order valence-electron chi connectivity index (χ4n) is 4.94. The Morgan fingerprint density at radius 3 is 2.63 bits per heavy atom. The molecule has 2 aliphatic heterocycles. The van der Waals surface area contributed by atoms with Crippen molar-refractivity contribution in [3.63, 3.8) is 0 Å². The second-order valence-corrected chi connectivity index (χ2v) is 8.69. The van der Waals surface area contributed by atoms with Crippen LogP contribution in [0.5, 0.6) is 5.75 Å². The highest BCUT2D eigenvalue weighted by Crippen LogP contribution is 2.40. The number of piperidine rings is 1. The molecule has 1 aliphatic carbocycles. The molecule has 0 radical (unpaired) electrons. The second-order valence-electron chi connectivity index (χ2n) is 8.69. The Morgan fingerprint density at radius 1 is 1.07 bits per heavy atom. The Morgan fingerprint density at radius 2 is 1.87 bits per heavy atom. The molecule has 154 valence electrons. The Balaban J connectivity index is 1.27. The van der Waals surface area contributed by atoms with Crippen molar-refractivity contribution >= 4 is 10.8 Å². The van der Waals surface area contributed by atoms with Gasteiger partial charge in [-0.3, -0.25) is 9.69 Å². The molecular weight excluding hydrogens is 378 g/mol. The number of aromatic amines is 1. The summed E-state index contributed by atoms with van der Waals surface area (Å²) in [4.78, 5) is 14.7. The van der Waals surface area contributed by atoms with E-state index in [4.69, 9.17) is 9.47 Å². The summed E-state index contributed by atoms with van der Waals surface area (Å²) in [5.74, 6) is 0.411. The first-order valence-corrected chi connectivity index (χ1v) is 10.9. The zero-order chi connectivity index (χ0) is 20.1. The largest absolute Gasteiger partial charge is 0.462 e. The molecule has 3 aromatic rings. The number of hydrogen-bond acceptors (Lipinski definition) is 5. The highest BCUT2D eigenvalue weighted by molar-refractivity contribution is 5.93. The van der Waals surface area contributed by atoms with Gasteiger partial charge >= 0.3 is 0 Å². The van der Waals surface area contributed by atoms with E-state index in [1.54, 1.807) is 0 Å². The van der Waals surface area contributed by atoms with E-state index in [0.29, 0.717) is 12.0 Å². The fraction of sp³-hybridized carbons (Fsp3) is 0.417. The zero-order valence-electron chi connectivity index (χ0n) is 16.9. The summed E-state index contributed by atoms with van der Waals surface area (Å²) in [6, 6.07) is 14.4. The summed E-state index contributed by atoms with van der Waals surface area (Å²) >= 11 is 0. The van der Waals surface area contributed by atoms with Crippen LogP contribution in [0.2, 0.25) is 0 Å². The van der Waals surface area contributed by atoms with Gasteiger partial charge < -0.3 is 9.47 Å². The molecule has 6 rings (SSSR count). The third kappa shape index (κ3) is 2.94. The van der Waals surface area contributed by atoms with E-state index in [9.17, 15) is 4.79 Å². The number of ether oxygens (including phenoxy) is 2.